The van der Waals surface area contributed by atoms with Gasteiger partial charge < -0.3 is 4.74 Å². The number of rotatable bonds is 0. The molecule has 0 saturated carbocycles. The molecule has 0 saturated heterocycles. The van der Waals surface area contributed by atoms with Crippen molar-refractivity contribution >= 4 is 11.9 Å². The van der Waals surface area contributed by atoms with Gasteiger partial charge in [-0.15, -0.1) is 0 Å². The lowest BCUT2D eigenvalue weighted by Crippen LogP contribution is -1.96. The van der Waals surface area contributed by atoms with Crippen LogP contribution in [-0.2, 0) is 4.74 Å². The standard InChI is InChI=1S/C8H4O3.CH3NO/c9-7-5-3-1-2-4-6(5)8(10)11-7;1-2-3/h1-4H;1H3. The lowest BCUT2D eigenvalue weighted by Gasteiger charge is -1.86. The van der Waals surface area contributed by atoms with E-state index < -0.39 is 11.9 Å². The summed E-state index contributed by atoms with van der Waals surface area (Å²) in [4.78, 5) is 30.2. The van der Waals surface area contributed by atoms with Crippen molar-refractivity contribution < 1.29 is 14.3 Å². The number of esters is 2. The van der Waals surface area contributed by atoms with Crippen LogP contribution in [0.15, 0.2) is 29.4 Å². The first-order valence-electron chi connectivity index (χ1n) is 3.77. The third-order valence-electron chi connectivity index (χ3n) is 1.55. The minimum Gasteiger partial charge on any atom is -0.386 e. The van der Waals surface area contributed by atoms with Crippen LogP contribution >= 0.6 is 0 Å². The molecule has 0 fully saturated rings. The van der Waals surface area contributed by atoms with Gasteiger partial charge in [-0.3, -0.25) is 0 Å². The van der Waals surface area contributed by atoms with E-state index in [4.69, 9.17) is 4.91 Å². The van der Waals surface area contributed by atoms with E-state index in [-0.39, 0.29) is 0 Å². The smallest absolute Gasteiger partial charge is 0.346 e. The summed E-state index contributed by atoms with van der Waals surface area (Å²) < 4.78 is 4.35. The summed E-state index contributed by atoms with van der Waals surface area (Å²) in [5, 5.41) is 2.25. The number of cyclic esters (lactones) is 2. The summed E-state index contributed by atoms with van der Waals surface area (Å²) >= 11 is 0. The van der Waals surface area contributed by atoms with Crippen molar-refractivity contribution in [2.45, 2.75) is 0 Å². The van der Waals surface area contributed by atoms with Crippen LogP contribution in [0.3, 0.4) is 0 Å². The van der Waals surface area contributed by atoms with E-state index in [0.717, 1.165) is 0 Å². The first kappa shape index (κ1) is 10.0. The van der Waals surface area contributed by atoms with Crippen LogP contribution in [0.4, 0.5) is 0 Å². The molecule has 0 radical (unpaired) electrons. The molecule has 1 aliphatic heterocycles. The Bertz CT molecular complexity index is 353. The molecule has 0 amide bonds. The number of hydrogen-bond donors (Lipinski definition) is 0. The van der Waals surface area contributed by atoms with E-state index in [9.17, 15) is 9.59 Å². The van der Waals surface area contributed by atoms with Crippen LogP contribution in [0.2, 0.25) is 0 Å². The van der Waals surface area contributed by atoms with Crippen LogP contribution in [0, 0.1) is 4.91 Å². The molecule has 0 N–H and O–H groups in total. The van der Waals surface area contributed by atoms with E-state index in [1.165, 1.54) is 7.05 Å². The lowest BCUT2D eigenvalue weighted by molar-refractivity contribution is 0.0444. The summed E-state index contributed by atoms with van der Waals surface area (Å²) in [6.45, 7) is 0. The number of hydrogen-bond acceptors (Lipinski definition) is 5. The zero-order valence-electron chi connectivity index (χ0n) is 7.39. The number of fused-ring (bicyclic) bond motifs is 1. The maximum absolute atomic E-state index is 10.8. The summed E-state index contributed by atoms with van der Waals surface area (Å²) in [5.74, 6) is -1.10. The van der Waals surface area contributed by atoms with Gasteiger partial charge in [-0.2, -0.15) is 4.91 Å². The number of ether oxygens (including phenoxy) is 1. The molecule has 1 aromatic rings. The van der Waals surface area contributed by atoms with Crippen molar-refractivity contribution in [3.63, 3.8) is 0 Å². The number of benzene rings is 1. The minimum absolute atomic E-state index is 0.359. The van der Waals surface area contributed by atoms with Crippen molar-refractivity contribution in [1.29, 1.82) is 0 Å². The van der Waals surface area contributed by atoms with Gasteiger partial charge in [-0.05, 0) is 12.1 Å². The Morgan fingerprint density at radius 1 is 1.07 bits per heavy atom. The Morgan fingerprint density at radius 3 is 1.79 bits per heavy atom. The quantitative estimate of drug-likeness (QED) is 0.354. The van der Waals surface area contributed by atoms with Crippen LogP contribution in [-0.4, -0.2) is 19.0 Å². The number of nitrogens with zero attached hydrogens (tertiary/aromatic N) is 1. The van der Waals surface area contributed by atoms with Crippen molar-refractivity contribution in [3.05, 3.63) is 40.3 Å². The first-order chi connectivity index (χ1) is 6.70. The molecule has 0 bridgehead atoms. The third-order valence-corrected chi connectivity index (χ3v) is 1.55. The average molecular weight is 193 g/mol. The van der Waals surface area contributed by atoms with Gasteiger partial charge in [0.15, 0.2) is 0 Å². The number of carbonyl (C=O) groups is 2. The Balaban J connectivity index is 0.000000293. The molecule has 1 heterocycles. The van der Waals surface area contributed by atoms with Gasteiger partial charge in [0.25, 0.3) is 0 Å². The first-order valence-corrected chi connectivity index (χ1v) is 3.77. The van der Waals surface area contributed by atoms with Crippen molar-refractivity contribution in [1.82, 2.24) is 0 Å². The molecule has 0 aliphatic carbocycles. The van der Waals surface area contributed by atoms with Gasteiger partial charge in [-0.1, -0.05) is 17.3 Å². The maximum atomic E-state index is 10.8. The molecule has 0 aromatic heterocycles. The fourth-order valence-electron chi connectivity index (χ4n) is 1.03. The minimum atomic E-state index is -0.550. The largest absolute Gasteiger partial charge is 0.386 e. The van der Waals surface area contributed by atoms with E-state index in [1.54, 1.807) is 24.3 Å². The van der Waals surface area contributed by atoms with Crippen LogP contribution in [0.25, 0.3) is 0 Å². The maximum Gasteiger partial charge on any atom is 0.346 e. The van der Waals surface area contributed by atoms with Gasteiger partial charge >= 0.3 is 11.9 Å². The molecule has 0 spiro atoms. The molecular formula is C9H7NO4. The van der Waals surface area contributed by atoms with Gasteiger partial charge in [0.05, 0.1) is 18.2 Å². The van der Waals surface area contributed by atoms with Crippen LogP contribution < -0.4 is 0 Å². The second kappa shape index (κ2) is 4.27. The highest BCUT2D eigenvalue weighted by Gasteiger charge is 2.28. The van der Waals surface area contributed by atoms with E-state index >= 15 is 0 Å². The van der Waals surface area contributed by atoms with Crippen LogP contribution in [0.5, 0.6) is 0 Å². The average Bonchev–Trinajstić information content (AvgIpc) is 2.45. The molecule has 0 unspecified atom stereocenters. The Hall–Kier alpha value is -2.04. The fraction of sp³-hybridized carbons (Fsp3) is 0.111. The molecule has 5 nitrogen and oxygen atoms in total. The summed E-state index contributed by atoms with van der Waals surface area (Å²) in [7, 11) is 1.19. The zero-order chi connectivity index (χ0) is 10.6. The fourth-order valence-corrected chi connectivity index (χ4v) is 1.03. The second-order valence-electron chi connectivity index (χ2n) is 2.41. The lowest BCUT2D eigenvalue weighted by atomic mass is 10.1. The highest BCUT2D eigenvalue weighted by molar-refractivity contribution is 6.14. The van der Waals surface area contributed by atoms with E-state index in [2.05, 4.69) is 9.91 Å². The zero-order valence-corrected chi connectivity index (χ0v) is 7.39. The summed E-state index contributed by atoms with van der Waals surface area (Å²) in [6, 6.07) is 6.53. The molecule has 72 valence electrons. The van der Waals surface area contributed by atoms with Crippen molar-refractivity contribution in [2.75, 3.05) is 7.05 Å². The Morgan fingerprint density at radius 2 is 1.43 bits per heavy atom. The summed E-state index contributed by atoms with van der Waals surface area (Å²) in [5.41, 5.74) is 0.718. The predicted octanol–water partition coefficient (Wildman–Crippen LogP) is 1.38. The van der Waals surface area contributed by atoms with Gasteiger partial charge in [0.1, 0.15) is 0 Å². The topological polar surface area (TPSA) is 72.8 Å². The monoisotopic (exact) mass is 193 g/mol. The summed E-state index contributed by atoms with van der Waals surface area (Å²) in [6.07, 6.45) is 0. The second-order valence-corrected chi connectivity index (χ2v) is 2.41. The molecular weight excluding hydrogens is 186 g/mol. The Labute approximate surface area is 79.7 Å². The predicted molar refractivity (Wildman–Crippen MR) is 47.9 cm³/mol. The normalized spacial score (nSPS) is 12.4. The molecule has 2 rings (SSSR count). The molecule has 0 atom stereocenters. The van der Waals surface area contributed by atoms with Crippen LogP contribution in [0.1, 0.15) is 20.7 Å². The van der Waals surface area contributed by atoms with E-state index in [1.807, 2.05) is 0 Å². The highest BCUT2D eigenvalue weighted by atomic mass is 16.6. The van der Waals surface area contributed by atoms with Crippen molar-refractivity contribution in [3.8, 4) is 0 Å². The highest BCUT2D eigenvalue weighted by Crippen LogP contribution is 2.18. The third kappa shape index (κ3) is 1.82. The number of nitroso groups, excluding NO2 is 1. The van der Waals surface area contributed by atoms with Gasteiger partial charge in [-0.25, -0.2) is 9.59 Å². The molecule has 1 aliphatic rings. The molecule has 1 aromatic carbocycles. The Kier molecular flexibility index (Phi) is 3.06. The molecule has 14 heavy (non-hydrogen) atoms. The van der Waals surface area contributed by atoms with Gasteiger partial charge in [0, 0.05) is 0 Å². The van der Waals surface area contributed by atoms with Gasteiger partial charge in [0.2, 0.25) is 0 Å². The van der Waals surface area contributed by atoms with E-state index in [0.29, 0.717) is 11.1 Å². The van der Waals surface area contributed by atoms with Crippen molar-refractivity contribution in [2.24, 2.45) is 5.18 Å². The number of carbonyl (C=O) groups excluding carboxylic acids is 2. The SMILES string of the molecule is CN=O.O=C1OC(=O)c2ccccc21. The molecule has 5 heteroatoms.